The summed E-state index contributed by atoms with van der Waals surface area (Å²) in [4.78, 5) is 15.7. The second-order valence-electron chi connectivity index (χ2n) is 8.43. The molecule has 2 heterocycles. The lowest BCUT2D eigenvalue weighted by atomic mass is 9.97. The van der Waals surface area contributed by atoms with Gasteiger partial charge in [0, 0.05) is 18.0 Å². The van der Waals surface area contributed by atoms with Gasteiger partial charge in [0.05, 0.1) is 25.4 Å². The highest BCUT2D eigenvalue weighted by Crippen LogP contribution is 2.35. The van der Waals surface area contributed by atoms with Gasteiger partial charge in [-0.25, -0.2) is 5.01 Å². The molecule has 2 aromatic rings. The highest BCUT2D eigenvalue weighted by molar-refractivity contribution is 6.05. The van der Waals surface area contributed by atoms with E-state index in [4.69, 9.17) is 9.84 Å². The molecule has 5 heteroatoms. The first kappa shape index (κ1) is 20.6. The largest absolute Gasteiger partial charge is 0.496 e. The molecule has 2 atom stereocenters. The van der Waals surface area contributed by atoms with Gasteiger partial charge >= 0.3 is 0 Å². The van der Waals surface area contributed by atoms with Crippen molar-refractivity contribution in [2.75, 3.05) is 20.2 Å². The summed E-state index contributed by atoms with van der Waals surface area (Å²) in [6.45, 7) is 5.71. The summed E-state index contributed by atoms with van der Waals surface area (Å²) in [5, 5.41) is 6.55. The standard InChI is InChI=1S/C25H31N3O2/c1-18-11-13-20(14-12-18)23-16-22(21-9-4-5-10-24(21)30-3)26-28(23)25(29)17-27-15-7-6-8-19(27)2/h4-5,9-14,19,23H,6-8,15-17H2,1-3H3/t19-,23-/m0/s1. The summed E-state index contributed by atoms with van der Waals surface area (Å²) in [5.41, 5.74) is 4.19. The molecule has 2 aliphatic rings. The fourth-order valence-electron chi connectivity index (χ4n) is 4.47. The van der Waals surface area contributed by atoms with Crippen LogP contribution in [-0.4, -0.2) is 47.8 Å². The van der Waals surface area contributed by atoms with Crippen molar-refractivity contribution in [1.82, 2.24) is 9.91 Å². The molecule has 1 fully saturated rings. The molecule has 1 amide bonds. The van der Waals surface area contributed by atoms with E-state index in [2.05, 4.69) is 43.0 Å². The Kier molecular flexibility index (Phi) is 6.18. The van der Waals surface area contributed by atoms with Crippen molar-refractivity contribution in [2.45, 2.75) is 51.6 Å². The molecular formula is C25H31N3O2. The van der Waals surface area contributed by atoms with Crippen LogP contribution in [0.4, 0.5) is 0 Å². The topological polar surface area (TPSA) is 45.1 Å². The minimum absolute atomic E-state index is 0.0687. The van der Waals surface area contributed by atoms with Gasteiger partial charge in [0.1, 0.15) is 5.75 Å². The van der Waals surface area contributed by atoms with Crippen LogP contribution in [0.1, 0.15) is 55.3 Å². The van der Waals surface area contributed by atoms with Gasteiger partial charge in [0.2, 0.25) is 0 Å². The lowest BCUT2D eigenvalue weighted by Crippen LogP contribution is -2.44. The Bertz CT molecular complexity index is 922. The molecule has 30 heavy (non-hydrogen) atoms. The third-order valence-corrected chi connectivity index (χ3v) is 6.32. The van der Waals surface area contributed by atoms with Crippen molar-refractivity contribution in [3.63, 3.8) is 0 Å². The number of methoxy groups -OCH3 is 1. The molecule has 0 aliphatic carbocycles. The van der Waals surface area contributed by atoms with E-state index in [0.717, 1.165) is 42.0 Å². The molecule has 5 nitrogen and oxygen atoms in total. The van der Waals surface area contributed by atoms with Crippen LogP contribution in [0.3, 0.4) is 0 Å². The second kappa shape index (κ2) is 9.00. The van der Waals surface area contributed by atoms with Crippen LogP contribution in [0.25, 0.3) is 0 Å². The average Bonchev–Trinajstić information content (AvgIpc) is 3.21. The van der Waals surface area contributed by atoms with E-state index in [1.165, 1.54) is 12.0 Å². The van der Waals surface area contributed by atoms with E-state index in [0.29, 0.717) is 19.0 Å². The molecule has 0 saturated carbocycles. The molecule has 0 unspecified atom stereocenters. The number of hydrogen-bond donors (Lipinski definition) is 0. The summed E-state index contributed by atoms with van der Waals surface area (Å²) in [6.07, 6.45) is 4.25. The Morgan fingerprint density at radius 2 is 1.90 bits per heavy atom. The molecule has 4 rings (SSSR count). The number of hydrogen-bond acceptors (Lipinski definition) is 4. The van der Waals surface area contributed by atoms with Gasteiger partial charge < -0.3 is 4.74 Å². The van der Waals surface area contributed by atoms with E-state index >= 15 is 0 Å². The third-order valence-electron chi connectivity index (χ3n) is 6.32. The zero-order valence-corrected chi connectivity index (χ0v) is 18.2. The van der Waals surface area contributed by atoms with Gasteiger partial charge in [-0.2, -0.15) is 5.10 Å². The van der Waals surface area contributed by atoms with Gasteiger partial charge in [-0.1, -0.05) is 48.4 Å². The first-order valence-electron chi connectivity index (χ1n) is 10.9. The molecule has 0 bridgehead atoms. The third kappa shape index (κ3) is 4.26. The van der Waals surface area contributed by atoms with E-state index in [1.807, 2.05) is 24.3 Å². The van der Waals surface area contributed by atoms with E-state index in [9.17, 15) is 4.79 Å². The number of carbonyl (C=O) groups is 1. The van der Waals surface area contributed by atoms with Gasteiger partial charge in [-0.15, -0.1) is 0 Å². The van der Waals surface area contributed by atoms with Crippen LogP contribution in [0, 0.1) is 6.92 Å². The molecular weight excluding hydrogens is 374 g/mol. The highest BCUT2D eigenvalue weighted by Gasteiger charge is 2.35. The number of amides is 1. The van der Waals surface area contributed by atoms with Gasteiger partial charge in [-0.05, 0) is 50.9 Å². The maximum absolute atomic E-state index is 13.4. The molecule has 0 N–H and O–H groups in total. The summed E-state index contributed by atoms with van der Waals surface area (Å²) in [6, 6.07) is 16.7. The maximum atomic E-state index is 13.4. The summed E-state index contributed by atoms with van der Waals surface area (Å²) >= 11 is 0. The predicted octanol–water partition coefficient (Wildman–Crippen LogP) is 4.56. The van der Waals surface area contributed by atoms with Crippen LogP contribution < -0.4 is 4.74 Å². The molecule has 0 spiro atoms. The molecule has 0 radical (unpaired) electrons. The van der Waals surface area contributed by atoms with Gasteiger partial charge in [-0.3, -0.25) is 9.69 Å². The quantitative estimate of drug-likeness (QED) is 0.733. The molecule has 2 aliphatic heterocycles. The minimum Gasteiger partial charge on any atom is -0.496 e. The van der Waals surface area contributed by atoms with Crippen molar-refractivity contribution < 1.29 is 9.53 Å². The first-order chi connectivity index (χ1) is 14.6. The lowest BCUT2D eigenvalue weighted by molar-refractivity contribution is -0.135. The Balaban J connectivity index is 1.64. The molecule has 158 valence electrons. The minimum atomic E-state index is -0.0851. The number of piperidine rings is 1. The second-order valence-corrected chi connectivity index (χ2v) is 8.43. The number of likely N-dealkylation sites (tertiary alicyclic amines) is 1. The lowest BCUT2D eigenvalue weighted by Gasteiger charge is -2.34. The van der Waals surface area contributed by atoms with Crippen LogP contribution in [-0.2, 0) is 4.79 Å². The Hall–Kier alpha value is -2.66. The smallest absolute Gasteiger partial charge is 0.257 e. The number of para-hydroxylation sites is 1. The molecule has 1 saturated heterocycles. The fourth-order valence-corrected chi connectivity index (χ4v) is 4.47. The Labute approximate surface area is 179 Å². The normalized spacial score (nSPS) is 22.1. The van der Waals surface area contributed by atoms with Gasteiger partial charge in [0.15, 0.2) is 0 Å². The monoisotopic (exact) mass is 405 g/mol. The van der Waals surface area contributed by atoms with E-state index in [-0.39, 0.29) is 11.9 Å². The number of nitrogens with zero attached hydrogens (tertiary/aromatic N) is 3. The maximum Gasteiger partial charge on any atom is 0.257 e. The number of carbonyl (C=O) groups excluding carboxylic acids is 1. The van der Waals surface area contributed by atoms with Gasteiger partial charge in [0.25, 0.3) is 5.91 Å². The van der Waals surface area contributed by atoms with Crippen molar-refractivity contribution in [3.05, 3.63) is 65.2 Å². The predicted molar refractivity (Wildman–Crippen MR) is 120 cm³/mol. The number of ether oxygens (including phenoxy) is 1. The van der Waals surface area contributed by atoms with Crippen LogP contribution in [0.15, 0.2) is 53.6 Å². The van der Waals surface area contributed by atoms with Crippen molar-refractivity contribution in [3.8, 4) is 5.75 Å². The zero-order valence-electron chi connectivity index (χ0n) is 18.2. The zero-order chi connectivity index (χ0) is 21.1. The number of rotatable bonds is 5. The summed E-state index contributed by atoms with van der Waals surface area (Å²) in [7, 11) is 1.67. The number of benzene rings is 2. The molecule has 0 aromatic heterocycles. The fraction of sp³-hybridized carbons (Fsp3) is 0.440. The summed E-state index contributed by atoms with van der Waals surface area (Å²) in [5.74, 6) is 0.858. The van der Waals surface area contributed by atoms with Crippen LogP contribution >= 0.6 is 0 Å². The van der Waals surface area contributed by atoms with E-state index < -0.39 is 0 Å². The number of aryl methyl sites for hydroxylation is 1. The van der Waals surface area contributed by atoms with Crippen LogP contribution in [0.2, 0.25) is 0 Å². The summed E-state index contributed by atoms with van der Waals surface area (Å²) < 4.78 is 5.55. The van der Waals surface area contributed by atoms with Crippen molar-refractivity contribution >= 4 is 11.6 Å². The van der Waals surface area contributed by atoms with Crippen molar-refractivity contribution in [1.29, 1.82) is 0 Å². The number of hydrazone groups is 1. The Morgan fingerprint density at radius 1 is 1.13 bits per heavy atom. The van der Waals surface area contributed by atoms with E-state index in [1.54, 1.807) is 12.1 Å². The van der Waals surface area contributed by atoms with Crippen LogP contribution in [0.5, 0.6) is 5.75 Å². The SMILES string of the molecule is COc1ccccc1C1=NN(C(=O)CN2CCCC[C@@H]2C)[C@H](c2ccc(C)cc2)C1. The highest BCUT2D eigenvalue weighted by atomic mass is 16.5. The molecule has 2 aromatic carbocycles. The van der Waals surface area contributed by atoms with Crippen molar-refractivity contribution in [2.24, 2.45) is 5.10 Å². The average molecular weight is 406 g/mol. The Morgan fingerprint density at radius 3 is 2.63 bits per heavy atom. The first-order valence-corrected chi connectivity index (χ1v) is 10.9.